The highest BCUT2D eigenvalue weighted by atomic mass is 35.5. The van der Waals surface area contributed by atoms with E-state index in [4.69, 9.17) is 11.6 Å². The number of carbonyl (C=O) groups excluding carboxylic acids is 1. The van der Waals surface area contributed by atoms with E-state index in [2.05, 4.69) is 0 Å². The largest absolute Gasteiger partial charge is 0.276 e. The molecule has 0 amide bonds. The van der Waals surface area contributed by atoms with Gasteiger partial charge in [-0.05, 0) is 31.0 Å². The third-order valence-corrected chi connectivity index (χ3v) is 0.880. The van der Waals surface area contributed by atoms with Crippen LogP contribution in [0, 0.1) is 0 Å². The molecule has 0 aromatic rings. The molecule has 0 unspecified atom stereocenters. The molecular weight excluding hydrogens is 136 g/mol. The van der Waals surface area contributed by atoms with Crippen LogP contribution in [0.2, 0.25) is 0 Å². The molecular formula is C7H9ClO. The summed E-state index contributed by atoms with van der Waals surface area (Å²) >= 11 is 5.06. The number of halogens is 1. The van der Waals surface area contributed by atoms with Gasteiger partial charge in [0.05, 0.1) is 0 Å². The van der Waals surface area contributed by atoms with Gasteiger partial charge in [0.25, 0.3) is 0 Å². The Kier molecular flexibility index (Phi) is 4.06. The van der Waals surface area contributed by atoms with Crippen molar-refractivity contribution in [3.8, 4) is 0 Å². The molecule has 0 aromatic heterocycles. The topological polar surface area (TPSA) is 17.1 Å². The first-order valence-electron chi connectivity index (χ1n) is 2.67. The highest BCUT2D eigenvalue weighted by molar-refractivity contribution is 6.66. The monoisotopic (exact) mass is 144 g/mol. The molecule has 0 rings (SSSR count). The van der Waals surface area contributed by atoms with Crippen molar-refractivity contribution >= 4 is 16.8 Å². The van der Waals surface area contributed by atoms with Crippen LogP contribution in [0.25, 0.3) is 0 Å². The van der Waals surface area contributed by atoms with E-state index in [1.807, 2.05) is 26.0 Å². The Balaban J connectivity index is 4.00. The van der Waals surface area contributed by atoms with Crippen molar-refractivity contribution in [3.05, 3.63) is 23.8 Å². The van der Waals surface area contributed by atoms with Crippen molar-refractivity contribution in [2.45, 2.75) is 13.8 Å². The second kappa shape index (κ2) is 4.33. The van der Waals surface area contributed by atoms with E-state index in [-0.39, 0.29) is 0 Å². The van der Waals surface area contributed by atoms with E-state index in [0.29, 0.717) is 0 Å². The van der Waals surface area contributed by atoms with Gasteiger partial charge in [-0.15, -0.1) is 0 Å². The fourth-order valence-corrected chi connectivity index (χ4v) is 0.662. The van der Waals surface area contributed by atoms with Crippen LogP contribution in [0.15, 0.2) is 23.8 Å². The Bertz CT molecular complexity index is 156. The molecule has 0 radical (unpaired) electrons. The molecule has 0 aliphatic heterocycles. The smallest absolute Gasteiger partial charge is 0.245 e. The standard InChI is InChI=1S/C7H9ClO/c1-3-4-6(2)5-7(8)9/h3-5H,1-2H3. The predicted molar refractivity (Wildman–Crippen MR) is 39.4 cm³/mol. The maximum atomic E-state index is 10.2. The first kappa shape index (κ1) is 8.44. The quantitative estimate of drug-likeness (QED) is 0.330. The predicted octanol–water partition coefficient (Wildman–Crippen LogP) is 2.27. The van der Waals surface area contributed by atoms with E-state index >= 15 is 0 Å². The minimum atomic E-state index is -0.425. The lowest BCUT2D eigenvalue weighted by atomic mass is 10.3. The van der Waals surface area contributed by atoms with Gasteiger partial charge in [-0.3, -0.25) is 4.79 Å². The van der Waals surface area contributed by atoms with E-state index in [0.717, 1.165) is 5.57 Å². The SMILES string of the molecule is CC=CC(C)=CC(=O)Cl. The second-order valence-corrected chi connectivity index (χ2v) is 2.06. The zero-order valence-electron chi connectivity index (χ0n) is 5.52. The zero-order valence-corrected chi connectivity index (χ0v) is 6.27. The summed E-state index contributed by atoms with van der Waals surface area (Å²) in [6.07, 6.45) is 5.05. The molecule has 0 saturated carbocycles. The molecule has 0 fully saturated rings. The Morgan fingerprint density at radius 2 is 2.11 bits per heavy atom. The second-order valence-electron chi connectivity index (χ2n) is 1.69. The van der Waals surface area contributed by atoms with E-state index in [1.165, 1.54) is 6.08 Å². The third-order valence-electron chi connectivity index (χ3n) is 0.771. The van der Waals surface area contributed by atoms with Gasteiger partial charge in [-0.2, -0.15) is 0 Å². The summed E-state index contributed by atoms with van der Waals surface area (Å²) in [4.78, 5) is 10.2. The minimum absolute atomic E-state index is 0.425. The number of hydrogen-bond acceptors (Lipinski definition) is 1. The molecule has 0 aromatic carbocycles. The highest BCUT2D eigenvalue weighted by Crippen LogP contribution is 1.95. The molecule has 0 saturated heterocycles. The average molecular weight is 145 g/mol. The van der Waals surface area contributed by atoms with Gasteiger partial charge < -0.3 is 0 Å². The number of rotatable bonds is 2. The summed E-state index contributed by atoms with van der Waals surface area (Å²) in [5.74, 6) is 0. The highest BCUT2D eigenvalue weighted by Gasteiger charge is 1.86. The van der Waals surface area contributed by atoms with Crippen molar-refractivity contribution in [3.63, 3.8) is 0 Å². The van der Waals surface area contributed by atoms with Crippen LogP contribution >= 0.6 is 11.6 Å². The van der Waals surface area contributed by atoms with Crippen LogP contribution in [0.1, 0.15) is 13.8 Å². The third kappa shape index (κ3) is 5.31. The van der Waals surface area contributed by atoms with Crippen molar-refractivity contribution < 1.29 is 4.79 Å². The van der Waals surface area contributed by atoms with Crippen LogP contribution in [-0.4, -0.2) is 5.24 Å². The summed E-state index contributed by atoms with van der Waals surface area (Å²) < 4.78 is 0. The van der Waals surface area contributed by atoms with Crippen molar-refractivity contribution in [1.29, 1.82) is 0 Å². The molecule has 0 atom stereocenters. The number of allylic oxidation sites excluding steroid dienone is 4. The number of hydrogen-bond donors (Lipinski definition) is 0. The lowest BCUT2D eigenvalue weighted by molar-refractivity contribution is -0.107. The Hall–Kier alpha value is -0.560. The molecule has 1 nitrogen and oxygen atoms in total. The maximum Gasteiger partial charge on any atom is 0.245 e. The summed E-state index contributed by atoms with van der Waals surface area (Å²) in [7, 11) is 0. The van der Waals surface area contributed by atoms with Gasteiger partial charge in [0, 0.05) is 6.08 Å². The van der Waals surface area contributed by atoms with Gasteiger partial charge in [0.2, 0.25) is 5.24 Å². The molecule has 0 N–H and O–H groups in total. The Morgan fingerprint density at radius 1 is 1.56 bits per heavy atom. The molecule has 0 bridgehead atoms. The summed E-state index contributed by atoms with van der Waals surface area (Å²) in [6.45, 7) is 3.70. The average Bonchev–Trinajstić information content (AvgIpc) is 1.63. The summed E-state index contributed by atoms with van der Waals surface area (Å²) in [6, 6.07) is 0. The Morgan fingerprint density at radius 3 is 2.44 bits per heavy atom. The normalized spacial score (nSPS) is 12.6. The lowest BCUT2D eigenvalue weighted by Gasteiger charge is -1.84. The molecule has 0 heterocycles. The van der Waals surface area contributed by atoms with Crippen molar-refractivity contribution in [1.82, 2.24) is 0 Å². The van der Waals surface area contributed by atoms with Crippen molar-refractivity contribution in [2.75, 3.05) is 0 Å². The lowest BCUT2D eigenvalue weighted by Crippen LogP contribution is -1.77. The van der Waals surface area contributed by atoms with Gasteiger partial charge in [-0.25, -0.2) is 0 Å². The van der Waals surface area contributed by atoms with Gasteiger partial charge in [-0.1, -0.05) is 12.2 Å². The van der Waals surface area contributed by atoms with E-state index in [1.54, 1.807) is 0 Å². The molecule has 0 aliphatic rings. The molecule has 0 aliphatic carbocycles. The maximum absolute atomic E-state index is 10.2. The zero-order chi connectivity index (χ0) is 7.28. The number of carbonyl (C=O) groups is 1. The van der Waals surface area contributed by atoms with E-state index in [9.17, 15) is 4.79 Å². The summed E-state index contributed by atoms with van der Waals surface area (Å²) in [5.41, 5.74) is 0.873. The molecule has 50 valence electrons. The van der Waals surface area contributed by atoms with E-state index < -0.39 is 5.24 Å². The fraction of sp³-hybridized carbons (Fsp3) is 0.286. The molecule has 9 heavy (non-hydrogen) atoms. The summed E-state index contributed by atoms with van der Waals surface area (Å²) in [5, 5.41) is -0.425. The minimum Gasteiger partial charge on any atom is -0.276 e. The fourth-order valence-electron chi connectivity index (χ4n) is 0.490. The first-order valence-corrected chi connectivity index (χ1v) is 3.05. The van der Waals surface area contributed by atoms with Crippen LogP contribution in [0.4, 0.5) is 0 Å². The molecule has 2 heteroatoms. The van der Waals surface area contributed by atoms with Crippen LogP contribution in [0.5, 0.6) is 0 Å². The first-order chi connectivity index (χ1) is 4.16. The Labute approximate surface area is 60.0 Å². The van der Waals surface area contributed by atoms with Crippen molar-refractivity contribution in [2.24, 2.45) is 0 Å². The van der Waals surface area contributed by atoms with Gasteiger partial charge in [0.1, 0.15) is 0 Å². The molecule has 0 spiro atoms. The van der Waals surface area contributed by atoms with Gasteiger partial charge in [0.15, 0.2) is 0 Å². The van der Waals surface area contributed by atoms with Crippen LogP contribution < -0.4 is 0 Å². The van der Waals surface area contributed by atoms with Crippen LogP contribution in [-0.2, 0) is 4.79 Å². The van der Waals surface area contributed by atoms with Gasteiger partial charge >= 0.3 is 0 Å². The van der Waals surface area contributed by atoms with Crippen LogP contribution in [0.3, 0.4) is 0 Å².